The Morgan fingerprint density at radius 2 is 2.11 bits per heavy atom. The zero-order valence-corrected chi connectivity index (χ0v) is 11.7. The molecule has 0 aliphatic rings. The molecule has 0 spiro atoms. The summed E-state index contributed by atoms with van der Waals surface area (Å²) in [6.45, 7) is 0. The van der Waals surface area contributed by atoms with Gasteiger partial charge >= 0.3 is 0 Å². The maximum atomic E-state index is 12.4. The molecule has 0 saturated carbocycles. The third kappa shape index (κ3) is 2.65. The molecule has 0 unspecified atom stereocenters. The smallest absolute Gasteiger partial charge is 0.210 e. The van der Waals surface area contributed by atoms with E-state index in [1.165, 1.54) is 0 Å². The number of aromatic nitrogens is 1. The van der Waals surface area contributed by atoms with Crippen LogP contribution in [-0.4, -0.2) is 10.4 Å². The summed E-state index contributed by atoms with van der Waals surface area (Å²) in [5, 5.41) is 9.57. The summed E-state index contributed by atoms with van der Waals surface area (Å²) >= 11 is 12.0. The average Bonchev–Trinajstić information content (AvgIpc) is 2.64. The second-order valence-corrected chi connectivity index (χ2v) is 4.91. The Morgan fingerprint density at radius 3 is 2.74 bits per heavy atom. The van der Waals surface area contributed by atoms with Gasteiger partial charge in [-0.15, -0.1) is 0 Å². The van der Waals surface area contributed by atoms with E-state index in [2.05, 4.69) is 0 Å². The summed E-state index contributed by atoms with van der Waals surface area (Å²) in [6.07, 6.45) is 0.207. The summed E-state index contributed by atoms with van der Waals surface area (Å²) in [5.41, 5.74) is 1.55. The Hall–Kier alpha value is -1.76. The predicted molar refractivity (Wildman–Crippen MR) is 74.6 cm³/mol. The van der Waals surface area contributed by atoms with Crippen molar-refractivity contribution >= 4 is 29.0 Å². The SMILES string of the molecule is Cn1c(CC#N)cc(Cl)c1C(=O)c1cccc(Cl)c1. The summed E-state index contributed by atoms with van der Waals surface area (Å²) in [4.78, 5) is 12.4. The number of carbonyl (C=O) groups is 1. The van der Waals surface area contributed by atoms with Gasteiger partial charge in [-0.25, -0.2) is 0 Å². The van der Waals surface area contributed by atoms with E-state index >= 15 is 0 Å². The average molecular weight is 293 g/mol. The van der Waals surface area contributed by atoms with E-state index in [-0.39, 0.29) is 12.2 Å². The molecule has 2 aromatic rings. The monoisotopic (exact) mass is 292 g/mol. The van der Waals surface area contributed by atoms with Crippen LogP contribution in [0.25, 0.3) is 0 Å². The normalized spacial score (nSPS) is 10.2. The number of benzene rings is 1. The predicted octanol–water partition coefficient (Wildman–Crippen LogP) is 3.63. The maximum Gasteiger partial charge on any atom is 0.210 e. The van der Waals surface area contributed by atoms with Crippen LogP contribution in [0.3, 0.4) is 0 Å². The quantitative estimate of drug-likeness (QED) is 0.811. The lowest BCUT2D eigenvalue weighted by Gasteiger charge is -2.06. The Labute approximate surface area is 121 Å². The Balaban J connectivity index is 2.48. The van der Waals surface area contributed by atoms with Crippen LogP contribution in [0.1, 0.15) is 21.7 Å². The topological polar surface area (TPSA) is 45.8 Å². The fraction of sp³-hybridized carbons (Fsp3) is 0.143. The van der Waals surface area contributed by atoms with Crippen molar-refractivity contribution in [2.45, 2.75) is 6.42 Å². The Kier molecular flexibility index (Phi) is 3.94. The number of rotatable bonds is 3. The van der Waals surface area contributed by atoms with Gasteiger partial charge in [0.2, 0.25) is 5.78 Å². The lowest BCUT2D eigenvalue weighted by Crippen LogP contribution is -2.09. The standard InChI is InChI=1S/C14H10Cl2N2O/c1-18-11(5-6-17)8-12(16)13(18)14(19)9-3-2-4-10(15)7-9/h2-4,7-8H,5H2,1H3. The minimum absolute atomic E-state index is 0.207. The molecule has 0 N–H and O–H groups in total. The van der Waals surface area contributed by atoms with Gasteiger partial charge in [0.15, 0.2) is 0 Å². The van der Waals surface area contributed by atoms with Gasteiger partial charge in [0.25, 0.3) is 0 Å². The minimum Gasteiger partial charge on any atom is -0.343 e. The molecule has 0 bridgehead atoms. The fourth-order valence-electron chi connectivity index (χ4n) is 1.89. The number of hydrogen-bond acceptors (Lipinski definition) is 2. The molecule has 0 atom stereocenters. The van der Waals surface area contributed by atoms with Gasteiger partial charge in [-0.3, -0.25) is 4.79 Å². The van der Waals surface area contributed by atoms with Gasteiger partial charge in [-0.1, -0.05) is 35.3 Å². The van der Waals surface area contributed by atoms with Crippen LogP contribution in [0.2, 0.25) is 10.0 Å². The van der Waals surface area contributed by atoms with Crippen LogP contribution in [-0.2, 0) is 13.5 Å². The zero-order chi connectivity index (χ0) is 14.0. The van der Waals surface area contributed by atoms with E-state index in [4.69, 9.17) is 28.5 Å². The number of halogens is 2. The molecule has 96 valence electrons. The Morgan fingerprint density at radius 1 is 1.37 bits per heavy atom. The van der Waals surface area contributed by atoms with Crippen LogP contribution < -0.4 is 0 Å². The molecule has 0 amide bonds. The number of nitriles is 1. The molecule has 1 aromatic heterocycles. The van der Waals surface area contributed by atoms with E-state index in [9.17, 15) is 4.79 Å². The van der Waals surface area contributed by atoms with Crippen molar-refractivity contribution in [1.82, 2.24) is 4.57 Å². The van der Waals surface area contributed by atoms with E-state index in [1.54, 1.807) is 41.9 Å². The fourth-order valence-corrected chi connectivity index (χ4v) is 2.42. The van der Waals surface area contributed by atoms with Gasteiger partial charge in [0.1, 0.15) is 5.69 Å². The summed E-state index contributed by atoms with van der Waals surface area (Å²) in [7, 11) is 1.72. The van der Waals surface area contributed by atoms with Crippen molar-refractivity contribution in [3.8, 4) is 6.07 Å². The summed E-state index contributed by atoms with van der Waals surface area (Å²) in [6, 6.07) is 10.4. The van der Waals surface area contributed by atoms with Gasteiger partial charge in [-0.05, 0) is 18.2 Å². The highest BCUT2D eigenvalue weighted by Crippen LogP contribution is 2.24. The molecule has 19 heavy (non-hydrogen) atoms. The largest absolute Gasteiger partial charge is 0.343 e. The first-order valence-corrected chi connectivity index (χ1v) is 6.31. The molecule has 0 aliphatic heterocycles. The number of carbonyl (C=O) groups excluding carboxylic acids is 1. The number of nitrogens with zero attached hydrogens (tertiary/aromatic N) is 2. The molecule has 0 fully saturated rings. The van der Waals surface area contributed by atoms with Crippen LogP contribution in [0.4, 0.5) is 0 Å². The van der Waals surface area contributed by atoms with Gasteiger partial charge in [0.05, 0.1) is 17.5 Å². The third-order valence-corrected chi connectivity index (χ3v) is 3.37. The van der Waals surface area contributed by atoms with Crippen LogP contribution in [0, 0.1) is 11.3 Å². The maximum absolute atomic E-state index is 12.4. The molecule has 0 aliphatic carbocycles. The number of hydrogen-bond donors (Lipinski definition) is 0. The van der Waals surface area contributed by atoms with Crippen molar-refractivity contribution in [2.75, 3.05) is 0 Å². The molecule has 5 heteroatoms. The molecule has 1 aromatic carbocycles. The first-order chi connectivity index (χ1) is 9.04. The van der Waals surface area contributed by atoms with Gasteiger partial charge in [0, 0.05) is 23.3 Å². The molecular formula is C14H10Cl2N2O. The van der Waals surface area contributed by atoms with E-state index in [0.29, 0.717) is 27.0 Å². The van der Waals surface area contributed by atoms with Crippen LogP contribution >= 0.6 is 23.2 Å². The third-order valence-electron chi connectivity index (χ3n) is 2.85. The molecule has 0 radical (unpaired) electrons. The second-order valence-electron chi connectivity index (χ2n) is 4.07. The van der Waals surface area contributed by atoms with Crippen molar-refractivity contribution in [3.63, 3.8) is 0 Å². The molecule has 3 nitrogen and oxygen atoms in total. The lowest BCUT2D eigenvalue weighted by atomic mass is 10.1. The minimum atomic E-state index is -0.209. The number of ketones is 1. The summed E-state index contributed by atoms with van der Waals surface area (Å²) in [5.74, 6) is -0.209. The van der Waals surface area contributed by atoms with Gasteiger partial charge in [-0.2, -0.15) is 5.26 Å². The molecular weight excluding hydrogens is 283 g/mol. The highest BCUT2D eigenvalue weighted by molar-refractivity contribution is 6.35. The first-order valence-electron chi connectivity index (χ1n) is 5.56. The van der Waals surface area contributed by atoms with Crippen molar-refractivity contribution < 1.29 is 4.79 Å². The van der Waals surface area contributed by atoms with Crippen molar-refractivity contribution in [1.29, 1.82) is 5.26 Å². The highest BCUT2D eigenvalue weighted by atomic mass is 35.5. The van der Waals surface area contributed by atoms with Gasteiger partial charge < -0.3 is 4.57 Å². The van der Waals surface area contributed by atoms with Crippen LogP contribution in [0.5, 0.6) is 0 Å². The Bertz CT molecular complexity index is 683. The molecule has 1 heterocycles. The first kappa shape index (κ1) is 13.7. The van der Waals surface area contributed by atoms with E-state index in [0.717, 1.165) is 0 Å². The zero-order valence-electron chi connectivity index (χ0n) is 10.2. The lowest BCUT2D eigenvalue weighted by molar-refractivity contribution is 0.103. The van der Waals surface area contributed by atoms with E-state index in [1.807, 2.05) is 6.07 Å². The van der Waals surface area contributed by atoms with Crippen molar-refractivity contribution in [2.24, 2.45) is 7.05 Å². The van der Waals surface area contributed by atoms with Crippen molar-refractivity contribution in [3.05, 3.63) is 57.3 Å². The second kappa shape index (κ2) is 5.48. The summed E-state index contributed by atoms with van der Waals surface area (Å²) < 4.78 is 1.65. The molecule has 0 saturated heterocycles. The molecule has 2 rings (SSSR count). The van der Waals surface area contributed by atoms with E-state index < -0.39 is 0 Å². The van der Waals surface area contributed by atoms with Crippen LogP contribution in [0.15, 0.2) is 30.3 Å². The highest BCUT2D eigenvalue weighted by Gasteiger charge is 2.19.